The van der Waals surface area contributed by atoms with Gasteiger partial charge in [-0.25, -0.2) is 9.18 Å². The molecule has 200 valence electrons. The molecule has 0 spiro atoms. The smallest absolute Gasteiger partial charge is 0.321 e. The zero-order valence-electron chi connectivity index (χ0n) is 22.3. The van der Waals surface area contributed by atoms with E-state index >= 15 is 0 Å². The predicted molar refractivity (Wildman–Crippen MR) is 151 cm³/mol. The van der Waals surface area contributed by atoms with Gasteiger partial charge in [0.1, 0.15) is 11.9 Å². The van der Waals surface area contributed by atoms with E-state index in [-0.39, 0.29) is 17.8 Å². The van der Waals surface area contributed by atoms with Crippen LogP contribution < -0.4 is 5.32 Å². The zero-order valence-corrected chi connectivity index (χ0v) is 22.3. The molecule has 1 aliphatic carbocycles. The number of likely N-dealkylation sites (tertiary alicyclic amines) is 1. The molecule has 1 saturated carbocycles. The van der Waals surface area contributed by atoms with Gasteiger partial charge in [-0.15, -0.1) is 0 Å². The molecule has 0 bridgehead atoms. The first kappa shape index (κ1) is 26.2. The van der Waals surface area contributed by atoms with Gasteiger partial charge in [-0.2, -0.15) is 0 Å². The predicted octanol–water partition coefficient (Wildman–Crippen LogP) is 6.77. The van der Waals surface area contributed by atoms with Gasteiger partial charge in [0, 0.05) is 33.7 Å². The monoisotopic (exact) mass is 516 g/mol. The standard InChI is InChI=1S/C31H37FN4O2/c1-35(2)31(37)33-30-14-11-26(20-29(30)32)24-9-12-27(13-10-24)34-38-28-15-17-36(18-16-28)21-22-7-8-23-5-3-4-6-25(23)19-22/h3-8,11,14,19-20,24,28H,9-10,12-13,15-18,21H2,1-2H3,(H,33,37). The molecule has 3 aromatic rings. The van der Waals surface area contributed by atoms with Crippen LogP contribution in [0.3, 0.4) is 0 Å². The lowest BCUT2D eigenvalue weighted by Crippen LogP contribution is -2.36. The summed E-state index contributed by atoms with van der Waals surface area (Å²) in [6.07, 6.45) is 5.74. The summed E-state index contributed by atoms with van der Waals surface area (Å²) in [4.78, 5) is 21.7. The Balaban J connectivity index is 1.06. The number of halogens is 1. The fourth-order valence-corrected chi connectivity index (χ4v) is 5.41. The van der Waals surface area contributed by atoms with Crippen LogP contribution in [0.25, 0.3) is 10.8 Å². The van der Waals surface area contributed by atoms with Crippen LogP contribution in [-0.2, 0) is 11.4 Å². The van der Waals surface area contributed by atoms with E-state index in [1.165, 1.54) is 21.2 Å². The number of oxime groups is 1. The van der Waals surface area contributed by atoms with Crippen molar-refractivity contribution < 1.29 is 14.0 Å². The van der Waals surface area contributed by atoms with E-state index < -0.39 is 5.82 Å². The van der Waals surface area contributed by atoms with Gasteiger partial charge in [-0.05, 0) is 84.5 Å². The Morgan fingerprint density at radius 1 is 1.00 bits per heavy atom. The van der Waals surface area contributed by atoms with Crippen molar-refractivity contribution in [2.75, 3.05) is 32.5 Å². The van der Waals surface area contributed by atoms with Crippen LogP contribution in [0.2, 0.25) is 0 Å². The molecule has 1 saturated heterocycles. The van der Waals surface area contributed by atoms with Gasteiger partial charge < -0.3 is 15.1 Å². The Kier molecular flexibility index (Phi) is 8.23. The molecule has 1 aliphatic heterocycles. The number of amides is 2. The lowest BCUT2D eigenvalue weighted by atomic mass is 9.83. The number of carbonyl (C=O) groups is 1. The molecule has 7 heteroatoms. The molecule has 2 amide bonds. The van der Waals surface area contributed by atoms with Crippen molar-refractivity contribution >= 4 is 28.2 Å². The van der Waals surface area contributed by atoms with Crippen molar-refractivity contribution in [3.8, 4) is 0 Å². The quantitative estimate of drug-likeness (QED) is 0.368. The maximum atomic E-state index is 14.6. The van der Waals surface area contributed by atoms with Crippen LogP contribution >= 0.6 is 0 Å². The summed E-state index contributed by atoms with van der Waals surface area (Å²) in [6.45, 7) is 3.00. The molecule has 1 N–H and O–H groups in total. The van der Waals surface area contributed by atoms with Gasteiger partial charge in [0.25, 0.3) is 0 Å². The van der Waals surface area contributed by atoms with Crippen molar-refractivity contribution in [1.82, 2.24) is 9.80 Å². The van der Waals surface area contributed by atoms with Crippen LogP contribution in [0.1, 0.15) is 55.6 Å². The SMILES string of the molecule is CN(C)C(=O)Nc1ccc(C2CCC(=NOC3CCN(Cc4ccc5ccccc5c4)CC3)CC2)cc1F. The molecule has 6 nitrogen and oxygen atoms in total. The third kappa shape index (κ3) is 6.51. The number of nitrogens with one attached hydrogen (secondary N) is 1. The fourth-order valence-electron chi connectivity index (χ4n) is 5.41. The molecule has 3 aromatic carbocycles. The molecular weight excluding hydrogens is 479 g/mol. The first-order valence-corrected chi connectivity index (χ1v) is 13.6. The van der Waals surface area contributed by atoms with Gasteiger partial charge in [-0.1, -0.05) is 47.6 Å². The first-order valence-electron chi connectivity index (χ1n) is 13.6. The number of carbonyl (C=O) groups excluding carboxylic acids is 1. The number of fused-ring (bicyclic) bond motifs is 1. The molecule has 0 atom stereocenters. The Morgan fingerprint density at radius 2 is 1.74 bits per heavy atom. The van der Waals surface area contributed by atoms with Gasteiger partial charge >= 0.3 is 6.03 Å². The van der Waals surface area contributed by atoms with Crippen molar-refractivity contribution in [1.29, 1.82) is 0 Å². The number of nitrogens with zero attached hydrogens (tertiary/aromatic N) is 3. The van der Waals surface area contributed by atoms with E-state index in [0.717, 1.165) is 69.4 Å². The second-order valence-corrected chi connectivity index (χ2v) is 10.8. The molecular formula is C31H37FN4O2. The summed E-state index contributed by atoms with van der Waals surface area (Å²) in [7, 11) is 3.26. The van der Waals surface area contributed by atoms with E-state index in [0.29, 0.717) is 5.92 Å². The van der Waals surface area contributed by atoms with E-state index in [9.17, 15) is 9.18 Å². The Morgan fingerprint density at radius 3 is 2.45 bits per heavy atom. The maximum Gasteiger partial charge on any atom is 0.321 e. The van der Waals surface area contributed by atoms with E-state index in [1.807, 2.05) is 6.07 Å². The van der Waals surface area contributed by atoms with Crippen molar-refractivity contribution in [3.63, 3.8) is 0 Å². The minimum Gasteiger partial charge on any atom is -0.392 e. The molecule has 1 heterocycles. The Bertz CT molecular complexity index is 1290. The summed E-state index contributed by atoms with van der Waals surface area (Å²) >= 11 is 0. The average Bonchev–Trinajstić information content (AvgIpc) is 2.94. The number of benzene rings is 3. The summed E-state index contributed by atoms with van der Waals surface area (Å²) < 4.78 is 14.6. The third-order valence-electron chi connectivity index (χ3n) is 7.76. The van der Waals surface area contributed by atoms with Crippen LogP contribution in [0.4, 0.5) is 14.9 Å². The van der Waals surface area contributed by atoms with Crippen molar-refractivity contribution in [2.45, 2.75) is 57.1 Å². The highest BCUT2D eigenvalue weighted by Gasteiger charge is 2.23. The van der Waals surface area contributed by atoms with Crippen molar-refractivity contribution in [2.24, 2.45) is 5.16 Å². The fraction of sp³-hybridized carbons (Fsp3) is 0.419. The third-order valence-corrected chi connectivity index (χ3v) is 7.76. The lowest BCUT2D eigenvalue weighted by Gasteiger charge is -2.31. The van der Waals surface area contributed by atoms with Crippen LogP contribution in [0.15, 0.2) is 65.8 Å². The summed E-state index contributed by atoms with van der Waals surface area (Å²) in [5, 5.41) is 9.70. The van der Waals surface area contributed by atoms with Gasteiger partial charge in [-0.3, -0.25) is 4.90 Å². The molecule has 38 heavy (non-hydrogen) atoms. The highest BCUT2D eigenvalue weighted by atomic mass is 19.1. The van der Waals surface area contributed by atoms with E-state index in [1.54, 1.807) is 26.2 Å². The summed E-state index contributed by atoms with van der Waals surface area (Å²) in [6, 6.07) is 20.0. The Hall–Kier alpha value is -3.45. The number of hydrogen-bond donors (Lipinski definition) is 1. The number of hydrogen-bond acceptors (Lipinski definition) is 4. The van der Waals surface area contributed by atoms with Crippen LogP contribution in [-0.4, -0.2) is 54.8 Å². The highest BCUT2D eigenvalue weighted by molar-refractivity contribution is 5.89. The molecule has 5 rings (SSSR count). The normalized spacial score (nSPS) is 18.8. The summed E-state index contributed by atoms with van der Waals surface area (Å²) in [5.74, 6) is -0.104. The molecule has 2 fully saturated rings. The minimum atomic E-state index is -0.396. The second kappa shape index (κ2) is 11.9. The van der Waals surface area contributed by atoms with Crippen LogP contribution in [0, 0.1) is 5.82 Å². The molecule has 2 aliphatic rings. The Labute approximate surface area is 224 Å². The first-order chi connectivity index (χ1) is 18.4. The zero-order chi connectivity index (χ0) is 26.5. The number of rotatable bonds is 6. The average molecular weight is 517 g/mol. The van der Waals surface area contributed by atoms with E-state index in [2.05, 4.69) is 57.8 Å². The number of anilines is 1. The molecule has 0 aromatic heterocycles. The van der Waals surface area contributed by atoms with Gasteiger partial charge in [0.05, 0.1) is 11.4 Å². The largest absolute Gasteiger partial charge is 0.392 e. The van der Waals surface area contributed by atoms with E-state index in [4.69, 9.17) is 4.84 Å². The molecule has 0 radical (unpaired) electrons. The molecule has 0 unspecified atom stereocenters. The van der Waals surface area contributed by atoms with Gasteiger partial charge in [0.2, 0.25) is 0 Å². The number of piperidine rings is 1. The van der Waals surface area contributed by atoms with Crippen molar-refractivity contribution in [3.05, 3.63) is 77.6 Å². The van der Waals surface area contributed by atoms with Crippen LogP contribution in [0.5, 0.6) is 0 Å². The van der Waals surface area contributed by atoms with Gasteiger partial charge in [0.15, 0.2) is 0 Å². The number of urea groups is 1. The minimum absolute atomic E-state index is 0.173. The topological polar surface area (TPSA) is 57.2 Å². The highest BCUT2D eigenvalue weighted by Crippen LogP contribution is 2.33. The second-order valence-electron chi connectivity index (χ2n) is 10.8. The lowest BCUT2D eigenvalue weighted by molar-refractivity contribution is 0.00830. The summed E-state index contributed by atoms with van der Waals surface area (Å²) in [5.41, 5.74) is 3.65. The maximum absolute atomic E-state index is 14.6.